The molecule has 1 aromatic heterocycles. The number of carbonyl (C=O) groups is 1. The number of nitrogens with zero attached hydrogens (tertiary/aromatic N) is 1. The van der Waals surface area contributed by atoms with Gasteiger partial charge in [0.25, 0.3) is 0 Å². The van der Waals surface area contributed by atoms with Crippen LogP contribution in [0.4, 0.5) is 5.13 Å². The van der Waals surface area contributed by atoms with Crippen LogP contribution in [-0.4, -0.2) is 10.9 Å². The van der Waals surface area contributed by atoms with Gasteiger partial charge < -0.3 is 5.32 Å². The zero-order valence-electron chi connectivity index (χ0n) is 14.3. The van der Waals surface area contributed by atoms with Gasteiger partial charge in [-0.15, -0.1) is 11.3 Å². The highest BCUT2D eigenvalue weighted by Gasteiger charge is 2.61. The number of aromatic nitrogens is 1. The van der Waals surface area contributed by atoms with E-state index in [9.17, 15) is 4.79 Å². The molecule has 1 aliphatic rings. The highest BCUT2D eigenvalue weighted by Crippen LogP contribution is 2.60. The lowest BCUT2D eigenvalue weighted by Crippen LogP contribution is -2.23. The normalized spacial score (nSPS) is 17.9. The van der Waals surface area contributed by atoms with Crippen LogP contribution in [0.2, 0.25) is 0 Å². The molecule has 3 nitrogen and oxygen atoms in total. The zero-order valence-corrected chi connectivity index (χ0v) is 15.1. The van der Waals surface area contributed by atoms with E-state index in [1.807, 2.05) is 5.38 Å². The fraction of sp³-hybridized carbons (Fsp3) is 0.238. The van der Waals surface area contributed by atoms with E-state index in [0.717, 1.165) is 6.42 Å². The summed E-state index contributed by atoms with van der Waals surface area (Å²) in [6, 6.07) is 16.8. The Labute approximate surface area is 151 Å². The molecule has 1 aliphatic carbocycles. The first kappa shape index (κ1) is 16.0. The molecule has 25 heavy (non-hydrogen) atoms. The number of thiazole rings is 1. The molecule has 0 bridgehead atoms. The molecule has 4 rings (SSSR count). The van der Waals surface area contributed by atoms with Crippen molar-refractivity contribution >= 4 is 22.4 Å². The molecule has 0 saturated heterocycles. The van der Waals surface area contributed by atoms with Gasteiger partial charge in [-0.3, -0.25) is 4.79 Å². The number of nitrogens with one attached hydrogen (secondary N) is 1. The van der Waals surface area contributed by atoms with Crippen molar-refractivity contribution in [2.45, 2.75) is 25.7 Å². The number of anilines is 1. The third-order valence-electron chi connectivity index (χ3n) is 5.19. The minimum Gasteiger partial charge on any atom is -0.302 e. The van der Waals surface area contributed by atoms with Gasteiger partial charge in [-0.05, 0) is 42.5 Å². The Morgan fingerprint density at radius 1 is 1.08 bits per heavy atom. The van der Waals surface area contributed by atoms with Gasteiger partial charge in [0.2, 0.25) is 5.91 Å². The van der Waals surface area contributed by atoms with Crippen molar-refractivity contribution in [3.8, 4) is 0 Å². The van der Waals surface area contributed by atoms with E-state index in [1.165, 1.54) is 33.6 Å². The van der Waals surface area contributed by atoms with E-state index in [0.29, 0.717) is 5.13 Å². The predicted octanol–water partition coefficient (Wildman–Crippen LogP) is 4.70. The fourth-order valence-electron chi connectivity index (χ4n) is 3.94. The van der Waals surface area contributed by atoms with Crippen LogP contribution in [0.1, 0.15) is 28.7 Å². The van der Waals surface area contributed by atoms with E-state index >= 15 is 0 Å². The van der Waals surface area contributed by atoms with Gasteiger partial charge in [0.15, 0.2) is 5.13 Å². The van der Waals surface area contributed by atoms with Gasteiger partial charge in [-0.25, -0.2) is 4.98 Å². The Balaban J connectivity index is 1.76. The maximum Gasteiger partial charge on any atom is 0.230 e. The summed E-state index contributed by atoms with van der Waals surface area (Å²) in [6.45, 7) is 4.26. The topological polar surface area (TPSA) is 42.0 Å². The molecule has 1 unspecified atom stereocenters. The Kier molecular flexibility index (Phi) is 3.92. The summed E-state index contributed by atoms with van der Waals surface area (Å²) in [4.78, 5) is 17.1. The largest absolute Gasteiger partial charge is 0.302 e. The van der Waals surface area contributed by atoms with E-state index in [4.69, 9.17) is 0 Å². The number of carbonyl (C=O) groups excluding carboxylic acids is 1. The number of amides is 1. The fourth-order valence-corrected chi connectivity index (χ4v) is 4.48. The highest BCUT2D eigenvalue weighted by molar-refractivity contribution is 7.13. The van der Waals surface area contributed by atoms with E-state index in [1.54, 1.807) is 6.20 Å². The summed E-state index contributed by atoms with van der Waals surface area (Å²) in [5.74, 6) is -0.0138. The minimum absolute atomic E-state index is 0.0569. The van der Waals surface area contributed by atoms with Gasteiger partial charge in [0.05, 0.1) is 5.92 Å². The molecule has 1 atom stereocenters. The third-order valence-corrected chi connectivity index (χ3v) is 5.88. The molecule has 1 heterocycles. The van der Waals surface area contributed by atoms with Crippen molar-refractivity contribution in [1.29, 1.82) is 0 Å². The van der Waals surface area contributed by atoms with Crippen LogP contribution in [0.5, 0.6) is 0 Å². The molecule has 1 fully saturated rings. The Bertz CT molecular complexity index is 872. The quantitative estimate of drug-likeness (QED) is 0.742. The van der Waals surface area contributed by atoms with Crippen molar-refractivity contribution in [2.75, 3.05) is 5.32 Å². The standard InChI is InChI=1S/C21H20N2OS/c1-14-7-3-5-9-16(14)21(17-10-6-4-8-15(17)2)13-18(21)19(24)23-20-22-11-12-25-20/h3-12,18H,13H2,1-2H3,(H,22,23,24). The maximum absolute atomic E-state index is 12.9. The van der Waals surface area contributed by atoms with Crippen molar-refractivity contribution in [3.63, 3.8) is 0 Å². The van der Waals surface area contributed by atoms with Crippen LogP contribution >= 0.6 is 11.3 Å². The molecule has 1 amide bonds. The van der Waals surface area contributed by atoms with Crippen LogP contribution in [0.3, 0.4) is 0 Å². The number of hydrogen-bond donors (Lipinski definition) is 1. The first-order chi connectivity index (χ1) is 12.1. The average Bonchev–Trinajstić information content (AvgIpc) is 3.15. The van der Waals surface area contributed by atoms with Crippen molar-refractivity contribution < 1.29 is 4.79 Å². The second-order valence-electron chi connectivity index (χ2n) is 6.68. The van der Waals surface area contributed by atoms with Gasteiger partial charge in [0.1, 0.15) is 0 Å². The van der Waals surface area contributed by atoms with Gasteiger partial charge in [-0.1, -0.05) is 48.5 Å². The number of hydrogen-bond acceptors (Lipinski definition) is 3. The van der Waals surface area contributed by atoms with Gasteiger partial charge >= 0.3 is 0 Å². The molecule has 0 spiro atoms. The molecule has 4 heteroatoms. The van der Waals surface area contributed by atoms with Crippen molar-refractivity contribution in [3.05, 3.63) is 82.4 Å². The average molecular weight is 348 g/mol. The summed E-state index contributed by atoms with van der Waals surface area (Å²) < 4.78 is 0. The first-order valence-electron chi connectivity index (χ1n) is 8.45. The minimum atomic E-state index is -0.238. The number of benzene rings is 2. The summed E-state index contributed by atoms with van der Waals surface area (Å²) >= 11 is 1.45. The molecule has 1 N–H and O–H groups in total. The Hall–Kier alpha value is -2.46. The van der Waals surface area contributed by atoms with Crippen LogP contribution in [-0.2, 0) is 10.2 Å². The molecule has 0 radical (unpaired) electrons. The molecule has 3 aromatic rings. The Morgan fingerprint density at radius 2 is 1.68 bits per heavy atom. The second-order valence-corrected chi connectivity index (χ2v) is 7.58. The lowest BCUT2D eigenvalue weighted by Gasteiger charge is -2.23. The molecule has 2 aromatic carbocycles. The highest BCUT2D eigenvalue weighted by atomic mass is 32.1. The lowest BCUT2D eigenvalue weighted by molar-refractivity contribution is -0.117. The summed E-state index contributed by atoms with van der Waals surface area (Å²) in [6.07, 6.45) is 2.54. The zero-order chi connectivity index (χ0) is 17.4. The first-order valence-corrected chi connectivity index (χ1v) is 9.33. The van der Waals surface area contributed by atoms with Gasteiger partial charge in [-0.2, -0.15) is 0 Å². The maximum atomic E-state index is 12.9. The molecule has 1 saturated carbocycles. The summed E-state index contributed by atoms with van der Waals surface area (Å²) in [7, 11) is 0. The van der Waals surface area contributed by atoms with Crippen LogP contribution < -0.4 is 5.32 Å². The van der Waals surface area contributed by atoms with Crippen LogP contribution in [0.25, 0.3) is 0 Å². The number of aryl methyl sites for hydroxylation is 2. The predicted molar refractivity (Wildman–Crippen MR) is 102 cm³/mol. The van der Waals surface area contributed by atoms with E-state index in [-0.39, 0.29) is 17.2 Å². The monoisotopic (exact) mass is 348 g/mol. The number of rotatable bonds is 4. The van der Waals surface area contributed by atoms with E-state index in [2.05, 4.69) is 72.7 Å². The smallest absolute Gasteiger partial charge is 0.230 e. The Morgan fingerprint density at radius 3 is 2.20 bits per heavy atom. The van der Waals surface area contributed by atoms with E-state index < -0.39 is 0 Å². The second kappa shape index (κ2) is 6.12. The molecular weight excluding hydrogens is 328 g/mol. The molecular formula is C21H20N2OS. The van der Waals surface area contributed by atoms with Crippen molar-refractivity contribution in [1.82, 2.24) is 4.98 Å². The summed E-state index contributed by atoms with van der Waals surface area (Å²) in [5, 5.41) is 5.53. The van der Waals surface area contributed by atoms with Crippen molar-refractivity contribution in [2.24, 2.45) is 5.92 Å². The van der Waals surface area contributed by atoms with Crippen LogP contribution in [0, 0.1) is 19.8 Å². The molecule has 0 aliphatic heterocycles. The lowest BCUT2D eigenvalue weighted by atomic mass is 9.81. The third kappa shape index (κ3) is 2.67. The summed E-state index contributed by atoms with van der Waals surface area (Å²) in [5.41, 5.74) is 4.73. The van der Waals surface area contributed by atoms with Gasteiger partial charge in [0, 0.05) is 17.0 Å². The SMILES string of the molecule is Cc1ccccc1C1(c2ccccc2C)CC1C(=O)Nc1nccs1. The van der Waals surface area contributed by atoms with Crippen LogP contribution in [0.15, 0.2) is 60.1 Å². The molecule has 126 valence electrons.